The predicted molar refractivity (Wildman–Crippen MR) is 91.3 cm³/mol. The molecule has 2 aromatic carbocycles. The van der Waals surface area contributed by atoms with Gasteiger partial charge in [0.2, 0.25) is 0 Å². The molecular weight excluding hydrogens is 374 g/mol. The lowest BCUT2D eigenvalue weighted by molar-refractivity contribution is 0.0450. The summed E-state index contributed by atoms with van der Waals surface area (Å²) in [6, 6.07) is 14.4. The molecule has 6 nitrogen and oxygen atoms in total. The van der Waals surface area contributed by atoms with Crippen LogP contribution >= 0.6 is 15.9 Å². The van der Waals surface area contributed by atoms with Crippen LogP contribution in [0.3, 0.4) is 0 Å². The number of benzene rings is 2. The average molecular weight is 388 g/mol. The largest absolute Gasteiger partial charge is 0.490 e. The number of esters is 1. The lowest BCUT2D eigenvalue weighted by Gasteiger charge is -2.08. The van der Waals surface area contributed by atoms with Gasteiger partial charge >= 0.3 is 5.97 Å². The maximum Gasteiger partial charge on any atom is 0.338 e. The highest BCUT2D eigenvalue weighted by Gasteiger charge is 2.07. The number of nitrogens with zero attached hydrogens (tertiary/aromatic N) is 3. The number of ether oxygens (including phenoxy) is 2. The fourth-order valence-electron chi connectivity index (χ4n) is 2.03. The molecule has 0 fully saturated rings. The van der Waals surface area contributed by atoms with Crippen molar-refractivity contribution in [1.29, 1.82) is 0 Å². The minimum absolute atomic E-state index is 0.177. The first-order valence-corrected chi connectivity index (χ1v) is 8.02. The molecular formula is C17H14BrN3O3. The summed E-state index contributed by atoms with van der Waals surface area (Å²) in [6.45, 7) is 0.468. The summed E-state index contributed by atoms with van der Waals surface area (Å²) < 4.78 is 13.3. The SMILES string of the molecule is O=C(OCCOc1cccc(Br)c1)c1ccc(-n2cncn2)cc1. The van der Waals surface area contributed by atoms with Gasteiger partial charge in [0.05, 0.1) is 11.3 Å². The Hall–Kier alpha value is -2.67. The Balaban J connectivity index is 1.48. The third kappa shape index (κ3) is 4.20. The van der Waals surface area contributed by atoms with E-state index in [-0.39, 0.29) is 6.61 Å². The summed E-state index contributed by atoms with van der Waals surface area (Å²) in [5.41, 5.74) is 1.29. The molecule has 0 saturated heterocycles. The van der Waals surface area contributed by atoms with Crippen LogP contribution in [-0.4, -0.2) is 33.9 Å². The van der Waals surface area contributed by atoms with Crippen LogP contribution in [0.25, 0.3) is 5.69 Å². The zero-order valence-electron chi connectivity index (χ0n) is 12.6. The number of hydrogen-bond acceptors (Lipinski definition) is 5. The molecule has 3 rings (SSSR count). The van der Waals surface area contributed by atoms with Crippen molar-refractivity contribution in [2.45, 2.75) is 0 Å². The van der Waals surface area contributed by atoms with Crippen LogP contribution in [-0.2, 0) is 4.74 Å². The second-order valence-corrected chi connectivity index (χ2v) is 5.74. The maximum absolute atomic E-state index is 12.0. The molecule has 0 aliphatic heterocycles. The fraction of sp³-hybridized carbons (Fsp3) is 0.118. The summed E-state index contributed by atoms with van der Waals surface area (Å²) in [7, 11) is 0. The van der Waals surface area contributed by atoms with Gasteiger partial charge in [-0.05, 0) is 42.5 Å². The van der Waals surface area contributed by atoms with Crippen LogP contribution in [0.15, 0.2) is 65.7 Å². The van der Waals surface area contributed by atoms with Crippen LogP contribution in [0.1, 0.15) is 10.4 Å². The lowest BCUT2D eigenvalue weighted by atomic mass is 10.2. The van der Waals surface area contributed by atoms with Gasteiger partial charge in [0, 0.05) is 4.47 Å². The number of halogens is 1. The van der Waals surface area contributed by atoms with Gasteiger partial charge in [0.15, 0.2) is 0 Å². The van der Waals surface area contributed by atoms with Crippen LogP contribution in [0.4, 0.5) is 0 Å². The summed E-state index contributed by atoms with van der Waals surface area (Å²) in [6.07, 6.45) is 3.04. The fourth-order valence-corrected chi connectivity index (χ4v) is 2.40. The van der Waals surface area contributed by atoms with E-state index in [1.54, 1.807) is 35.3 Å². The smallest absolute Gasteiger partial charge is 0.338 e. The summed E-state index contributed by atoms with van der Waals surface area (Å²) >= 11 is 3.37. The van der Waals surface area contributed by atoms with Gasteiger partial charge in [-0.1, -0.05) is 22.0 Å². The molecule has 7 heteroatoms. The van der Waals surface area contributed by atoms with Crippen molar-refractivity contribution >= 4 is 21.9 Å². The Kier molecular flexibility index (Phi) is 5.22. The van der Waals surface area contributed by atoms with E-state index in [4.69, 9.17) is 9.47 Å². The summed E-state index contributed by atoms with van der Waals surface area (Å²) in [4.78, 5) is 15.9. The van der Waals surface area contributed by atoms with E-state index in [0.717, 1.165) is 15.9 Å². The molecule has 1 heterocycles. The number of carbonyl (C=O) groups excluding carboxylic acids is 1. The molecule has 122 valence electrons. The van der Waals surface area contributed by atoms with Gasteiger partial charge in [0.1, 0.15) is 31.6 Å². The van der Waals surface area contributed by atoms with Crippen LogP contribution in [0.5, 0.6) is 5.75 Å². The highest BCUT2D eigenvalue weighted by atomic mass is 79.9. The van der Waals surface area contributed by atoms with Gasteiger partial charge < -0.3 is 9.47 Å². The van der Waals surface area contributed by atoms with E-state index in [2.05, 4.69) is 26.0 Å². The molecule has 0 bridgehead atoms. The highest BCUT2D eigenvalue weighted by molar-refractivity contribution is 9.10. The normalized spacial score (nSPS) is 10.4. The predicted octanol–water partition coefficient (Wildman–Crippen LogP) is 3.27. The number of aromatic nitrogens is 3. The molecule has 0 spiro atoms. The second kappa shape index (κ2) is 7.74. The molecule has 1 aromatic heterocycles. The second-order valence-electron chi connectivity index (χ2n) is 4.83. The molecule has 0 saturated carbocycles. The van der Waals surface area contributed by atoms with Gasteiger partial charge in [-0.25, -0.2) is 14.5 Å². The molecule has 24 heavy (non-hydrogen) atoms. The van der Waals surface area contributed by atoms with Crippen molar-refractivity contribution in [3.63, 3.8) is 0 Å². The zero-order valence-corrected chi connectivity index (χ0v) is 14.2. The van der Waals surface area contributed by atoms with Crippen LogP contribution < -0.4 is 4.74 Å². The van der Waals surface area contributed by atoms with Gasteiger partial charge in [-0.3, -0.25) is 0 Å². The first-order chi connectivity index (χ1) is 11.7. The Morgan fingerprint density at radius 2 is 1.96 bits per heavy atom. The maximum atomic E-state index is 12.0. The standard InChI is InChI=1S/C17H14BrN3O3/c18-14-2-1-3-16(10-14)23-8-9-24-17(22)13-4-6-15(7-5-13)21-12-19-11-20-21/h1-7,10-12H,8-9H2. The van der Waals surface area contributed by atoms with Crippen molar-refractivity contribution in [3.05, 3.63) is 71.2 Å². The number of carbonyl (C=O) groups is 1. The Morgan fingerprint density at radius 1 is 1.12 bits per heavy atom. The van der Waals surface area contributed by atoms with Crippen molar-refractivity contribution in [1.82, 2.24) is 14.8 Å². The van der Waals surface area contributed by atoms with E-state index in [1.807, 2.05) is 24.3 Å². The molecule has 3 aromatic rings. The van der Waals surface area contributed by atoms with Crippen molar-refractivity contribution in [2.75, 3.05) is 13.2 Å². The van der Waals surface area contributed by atoms with Crippen molar-refractivity contribution < 1.29 is 14.3 Å². The molecule has 0 unspecified atom stereocenters. The first-order valence-electron chi connectivity index (χ1n) is 7.23. The minimum atomic E-state index is -0.391. The molecule has 0 aliphatic carbocycles. The van der Waals surface area contributed by atoms with Gasteiger partial charge in [-0.15, -0.1) is 0 Å². The van der Waals surface area contributed by atoms with E-state index >= 15 is 0 Å². The van der Waals surface area contributed by atoms with E-state index in [1.165, 1.54) is 6.33 Å². The average Bonchev–Trinajstić information content (AvgIpc) is 3.13. The Morgan fingerprint density at radius 3 is 2.67 bits per heavy atom. The lowest BCUT2D eigenvalue weighted by Crippen LogP contribution is -2.12. The van der Waals surface area contributed by atoms with Crippen LogP contribution in [0.2, 0.25) is 0 Å². The molecule has 0 amide bonds. The monoisotopic (exact) mass is 387 g/mol. The quantitative estimate of drug-likeness (QED) is 0.479. The number of hydrogen-bond donors (Lipinski definition) is 0. The Bertz CT molecular complexity index is 804. The first kappa shape index (κ1) is 16.2. The zero-order chi connectivity index (χ0) is 16.8. The number of rotatable bonds is 6. The highest BCUT2D eigenvalue weighted by Crippen LogP contribution is 2.17. The van der Waals surface area contributed by atoms with Crippen LogP contribution in [0, 0.1) is 0 Å². The summed E-state index contributed by atoms with van der Waals surface area (Å²) in [5.74, 6) is 0.329. The molecule has 0 N–H and O–H groups in total. The van der Waals surface area contributed by atoms with Crippen molar-refractivity contribution in [2.24, 2.45) is 0 Å². The topological polar surface area (TPSA) is 66.2 Å². The molecule has 0 atom stereocenters. The Labute approximate surface area is 147 Å². The van der Waals surface area contributed by atoms with Gasteiger partial charge in [0.25, 0.3) is 0 Å². The van der Waals surface area contributed by atoms with E-state index in [9.17, 15) is 4.79 Å². The molecule has 0 aliphatic rings. The third-order valence-electron chi connectivity index (χ3n) is 3.17. The van der Waals surface area contributed by atoms with Crippen molar-refractivity contribution in [3.8, 4) is 11.4 Å². The van der Waals surface area contributed by atoms with Gasteiger partial charge in [-0.2, -0.15) is 5.10 Å². The van der Waals surface area contributed by atoms with E-state index in [0.29, 0.717) is 12.2 Å². The third-order valence-corrected chi connectivity index (χ3v) is 3.66. The summed E-state index contributed by atoms with van der Waals surface area (Å²) in [5, 5.41) is 4.03. The van der Waals surface area contributed by atoms with E-state index < -0.39 is 5.97 Å². The minimum Gasteiger partial charge on any atom is -0.490 e. The molecule has 0 radical (unpaired) electrons.